The maximum absolute atomic E-state index is 10.6. The largest absolute Gasteiger partial charge is 0.754 e. The van der Waals surface area contributed by atoms with Crippen LogP contribution in [0.3, 0.4) is 0 Å². The molecule has 1 rings (SSSR count). The van der Waals surface area contributed by atoms with Gasteiger partial charge in [0.1, 0.15) is 0 Å². The van der Waals surface area contributed by atoms with Gasteiger partial charge in [0.25, 0.3) is 0 Å². The molecule has 12 heavy (non-hydrogen) atoms. The number of anilines is 1. The molecule has 0 spiro atoms. The van der Waals surface area contributed by atoms with Crippen molar-refractivity contribution in [3.8, 4) is 0 Å². The van der Waals surface area contributed by atoms with Crippen molar-refractivity contribution in [3.63, 3.8) is 0 Å². The van der Waals surface area contributed by atoms with Gasteiger partial charge in [-0.1, -0.05) is 18.2 Å². The van der Waals surface area contributed by atoms with E-state index >= 15 is 0 Å². The van der Waals surface area contributed by atoms with E-state index < -0.39 is 11.3 Å². The number of rotatable bonds is 3. The molecular weight excluding hydrogens is 176 g/mol. The van der Waals surface area contributed by atoms with Crippen molar-refractivity contribution >= 4 is 17.0 Å². The number of nitrogens with zero attached hydrogens (tertiary/aromatic N) is 1. The molecule has 0 aliphatic carbocycles. The second kappa shape index (κ2) is 4.20. The third-order valence-corrected chi connectivity index (χ3v) is 2.03. The number of hydrazine groups is 1. The monoisotopic (exact) mass is 185 g/mol. The van der Waals surface area contributed by atoms with Crippen molar-refractivity contribution in [2.45, 2.75) is 0 Å². The standard InChI is InChI=1S/C7H10N2O2S/c1-8-9(12(10)11)7-5-3-2-4-6-7/h2-6,8H,1H3,(H,10,11)/p-1. The van der Waals surface area contributed by atoms with Crippen LogP contribution in [-0.4, -0.2) is 15.8 Å². The summed E-state index contributed by atoms with van der Waals surface area (Å²) >= 11 is -2.28. The van der Waals surface area contributed by atoms with E-state index in [1.54, 1.807) is 31.3 Å². The lowest BCUT2D eigenvalue weighted by atomic mass is 10.3. The molecule has 1 aromatic rings. The second-order valence-corrected chi connectivity index (χ2v) is 2.87. The maximum Gasteiger partial charge on any atom is 0.0661 e. The summed E-state index contributed by atoms with van der Waals surface area (Å²) in [5.41, 5.74) is 3.13. The molecular formula is C7H9N2O2S-. The van der Waals surface area contributed by atoms with Crippen molar-refractivity contribution in [2.24, 2.45) is 0 Å². The molecule has 0 aliphatic heterocycles. The summed E-state index contributed by atoms with van der Waals surface area (Å²) < 4.78 is 22.2. The van der Waals surface area contributed by atoms with Crippen molar-refractivity contribution in [3.05, 3.63) is 30.3 Å². The van der Waals surface area contributed by atoms with E-state index in [2.05, 4.69) is 5.43 Å². The predicted octanol–water partition coefficient (Wildman–Crippen LogP) is 0.422. The summed E-state index contributed by atoms with van der Waals surface area (Å²) in [5.74, 6) is 0. The lowest BCUT2D eigenvalue weighted by Gasteiger charge is -2.24. The summed E-state index contributed by atoms with van der Waals surface area (Å²) in [5, 5.41) is 0. The average Bonchev–Trinajstić information content (AvgIpc) is 2.07. The first-order chi connectivity index (χ1) is 5.75. The first-order valence-electron chi connectivity index (χ1n) is 3.37. The van der Waals surface area contributed by atoms with Gasteiger partial charge in [0.2, 0.25) is 0 Å². The topological polar surface area (TPSA) is 55.4 Å². The molecule has 0 bridgehead atoms. The predicted molar refractivity (Wildman–Crippen MR) is 46.9 cm³/mol. The minimum Gasteiger partial charge on any atom is -0.754 e. The van der Waals surface area contributed by atoms with Gasteiger partial charge >= 0.3 is 0 Å². The third-order valence-electron chi connectivity index (χ3n) is 1.34. The summed E-state index contributed by atoms with van der Waals surface area (Å²) in [4.78, 5) is 0. The highest BCUT2D eigenvalue weighted by Crippen LogP contribution is 2.10. The van der Waals surface area contributed by atoms with E-state index in [4.69, 9.17) is 0 Å². The summed E-state index contributed by atoms with van der Waals surface area (Å²) in [7, 11) is 1.54. The van der Waals surface area contributed by atoms with Crippen molar-refractivity contribution in [2.75, 3.05) is 11.5 Å². The highest BCUT2D eigenvalue weighted by Gasteiger charge is 2.01. The van der Waals surface area contributed by atoms with Crippen molar-refractivity contribution < 1.29 is 8.76 Å². The van der Waals surface area contributed by atoms with Crippen molar-refractivity contribution in [1.82, 2.24) is 5.43 Å². The van der Waals surface area contributed by atoms with Crippen LogP contribution in [0, 0.1) is 0 Å². The lowest BCUT2D eigenvalue weighted by molar-refractivity contribution is 0.527. The normalized spacial score (nSPS) is 12.5. The van der Waals surface area contributed by atoms with Gasteiger partial charge in [0.15, 0.2) is 0 Å². The molecule has 0 aromatic heterocycles. The zero-order valence-corrected chi connectivity index (χ0v) is 7.38. The van der Waals surface area contributed by atoms with Crippen molar-refractivity contribution in [1.29, 1.82) is 0 Å². The fourth-order valence-electron chi connectivity index (χ4n) is 0.853. The van der Waals surface area contributed by atoms with Crippen LogP contribution in [-0.2, 0) is 11.3 Å². The van der Waals surface area contributed by atoms with E-state index in [0.717, 1.165) is 4.41 Å². The van der Waals surface area contributed by atoms with Crippen LogP contribution < -0.4 is 9.84 Å². The SMILES string of the molecule is CNN(c1ccccc1)S(=O)[O-]. The highest BCUT2D eigenvalue weighted by molar-refractivity contribution is 7.80. The smallest absolute Gasteiger partial charge is 0.0661 e. The summed E-state index contributed by atoms with van der Waals surface area (Å²) in [6.45, 7) is 0. The number of hydrogen-bond acceptors (Lipinski definition) is 3. The molecule has 66 valence electrons. The molecule has 5 heteroatoms. The van der Waals surface area contributed by atoms with Crippen LogP contribution in [0.4, 0.5) is 5.69 Å². The molecule has 0 amide bonds. The fourth-order valence-corrected chi connectivity index (χ4v) is 1.30. The van der Waals surface area contributed by atoms with Gasteiger partial charge in [-0.2, -0.15) is 0 Å². The van der Waals surface area contributed by atoms with Crippen LogP contribution in [0.2, 0.25) is 0 Å². The first-order valence-corrected chi connectivity index (χ1v) is 4.41. The molecule has 4 nitrogen and oxygen atoms in total. The van der Waals surface area contributed by atoms with E-state index in [9.17, 15) is 8.76 Å². The molecule has 1 N–H and O–H groups in total. The van der Waals surface area contributed by atoms with Gasteiger partial charge < -0.3 is 4.55 Å². The number of hydrogen-bond donors (Lipinski definition) is 1. The Labute approximate surface area is 73.6 Å². The Hall–Kier alpha value is -0.910. The Bertz CT molecular complexity index is 265. The molecule has 1 atom stereocenters. The van der Waals surface area contributed by atoms with Crippen LogP contribution in [0.25, 0.3) is 0 Å². The molecule has 0 fully saturated rings. The van der Waals surface area contributed by atoms with Gasteiger partial charge in [-0.25, -0.2) is 9.84 Å². The van der Waals surface area contributed by atoms with Crippen LogP contribution in [0.1, 0.15) is 0 Å². The zero-order chi connectivity index (χ0) is 8.97. The molecule has 0 radical (unpaired) electrons. The van der Waals surface area contributed by atoms with Crippen LogP contribution in [0.15, 0.2) is 30.3 Å². The third kappa shape index (κ3) is 2.04. The van der Waals surface area contributed by atoms with Crippen LogP contribution in [0.5, 0.6) is 0 Å². The van der Waals surface area contributed by atoms with Gasteiger partial charge in [0.05, 0.1) is 17.0 Å². The molecule has 0 saturated heterocycles. The second-order valence-electron chi connectivity index (χ2n) is 2.07. The van der Waals surface area contributed by atoms with Crippen LogP contribution >= 0.6 is 0 Å². The minimum atomic E-state index is -2.28. The van der Waals surface area contributed by atoms with E-state index in [1.807, 2.05) is 6.07 Å². The van der Waals surface area contributed by atoms with Gasteiger partial charge in [0, 0.05) is 7.05 Å². The summed E-state index contributed by atoms with van der Waals surface area (Å²) in [6, 6.07) is 8.77. The Morgan fingerprint density at radius 2 is 2.00 bits per heavy atom. The first kappa shape index (κ1) is 9.18. The average molecular weight is 185 g/mol. The quantitative estimate of drug-likeness (QED) is 0.548. The van der Waals surface area contributed by atoms with E-state index in [1.165, 1.54) is 0 Å². The molecule has 0 saturated carbocycles. The minimum absolute atomic E-state index is 0.591. The molecule has 0 heterocycles. The van der Waals surface area contributed by atoms with Gasteiger partial charge in [-0.05, 0) is 12.1 Å². The fraction of sp³-hybridized carbons (Fsp3) is 0.143. The molecule has 1 aromatic carbocycles. The van der Waals surface area contributed by atoms with Gasteiger partial charge in [-0.3, -0.25) is 4.21 Å². The number of benzene rings is 1. The Morgan fingerprint density at radius 1 is 1.42 bits per heavy atom. The van der Waals surface area contributed by atoms with E-state index in [0.29, 0.717) is 5.69 Å². The highest BCUT2D eigenvalue weighted by atomic mass is 32.2. The van der Waals surface area contributed by atoms with Gasteiger partial charge in [-0.15, -0.1) is 0 Å². The Balaban J connectivity index is 2.88. The Kier molecular flexibility index (Phi) is 3.21. The summed E-state index contributed by atoms with van der Waals surface area (Å²) in [6.07, 6.45) is 0. The van der Waals surface area contributed by atoms with E-state index in [-0.39, 0.29) is 0 Å². The molecule has 1 unspecified atom stereocenters. The molecule has 0 aliphatic rings. The Morgan fingerprint density at radius 3 is 2.42 bits per heavy atom. The number of para-hydroxylation sites is 1. The lowest BCUT2D eigenvalue weighted by Crippen LogP contribution is -2.36. The maximum atomic E-state index is 10.6. The number of nitrogens with one attached hydrogen (secondary N) is 1. The zero-order valence-electron chi connectivity index (χ0n) is 6.56.